The maximum absolute atomic E-state index is 13.0. The average Bonchev–Trinajstić information content (AvgIpc) is 2.28. The predicted molar refractivity (Wildman–Crippen MR) is 61.9 cm³/mol. The Labute approximate surface area is 104 Å². The van der Waals surface area contributed by atoms with Crippen LogP contribution in [-0.2, 0) is 16.0 Å². The van der Waals surface area contributed by atoms with E-state index >= 15 is 0 Å². The Morgan fingerprint density at radius 1 is 1.44 bits per heavy atom. The number of carboxylic acid groups (broad SMARTS) is 1. The summed E-state index contributed by atoms with van der Waals surface area (Å²) in [5, 5.41) is 10.8. The van der Waals surface area contributed by atoms with Gasteiger partial charge in [-0.2, -0.15) is 0 Å². The molecule has 1 aromatic carbocycles. The van der Waals surface area contributed by atoms with E-state index in [0.717, 1.165) is 0 Å². The summed E-state index contributed by atoms with van der Waals surface area (Å²) in [4.78, 5) is 21.3. The summed E-state index contributed by atoms with van der Waals surface area (Å²) >= 11 is 0. The molecule has 98 valence electrons. The molecule has 5 nitrogen and oxygen atoms in total. The summed E-state index contributed by atoms with van der Waals surface area (Å²) < 4.78 is 18.1. The average molecular weight is 255 g/mol. The van der Waals surface area contributed by atoms with Crippen LogP contribution in [0.15, 0.2) is 18.2 Å². The quantitative estimate of drug-likeness (QED) is 0.743. The van der Waals surface area contributed by atoms with Crippen molar-refractivity contribution in [3.8, 4) is 5.75 Å². The van der Waals surface area contributed by atoms with E-state index in [-0.39, 0.29) is 12.4 Å². The Kier molecular flexibility index (Phi) is 5.10. The van der Waals surface area contributed by atoms with E-state index in [1.54, 1.807) is 0 Å². The second-order valence-corrected chi connectivity index (χ2v) is 3.63. The van der Waals surface area contributed by atoms with Gasteiger partial charge in [-0.3, -0.25) is 9.59 Å². The Balaban J connectivity index is 2.50. The molecule has 0 bridgehead atoms. The number of aliphatic carboxylic acids is 1. The van der Waals surface area contributed by atoms with Gasteiger partial charge in [0.05, 0.1) is 7.11 Å². The second kappa shape index (κ2) is 6.58. The molecule has 0 heterocycles. The number of carboxylic acids is 1. The molecule has 0 saturated carbocycles. The van der Waals surface area contributed by atoms with Gasteiger partial charge in [-0.25, -0.2) is 4.39 Å². The first-order valence-electron chi connectivity index (χ1n) is 5.34. The summed E-state index contributed by atoms with van der Waals surface area (Å²) in [5.74, 6) is -1.61. The first kappa shape index (κ1) is 14.0. The van der Waals surface area contributed by atoms with E-state index in [9.17, 15) is 14.0 Å². The highest BCUT2D eigenvalue weighted by atomic mass is 19.1. The van der Waals surface area contributed by atoms with Crippen molar-refractivity contribution >= 4 is 11.9 Å². The number of ether oxygens (including phenoxy) is 1. The maximum Gasteiger partial charge on any atom is 0.312 e. The zero-order chi connectivity index (χ0) is 13.5. The molecule has 0 unspecified atom stereocenters. The molecule has 18 heavy (non-hydrogen) atoms. The van der Waals surface area contributed by atoms with Gasteiger partial charge in [-0.15, -0.1) is 0 Å². The molecule has 0 aliphatic carbocycles. The Hall–Kier alpha value is -2.11. The van der Waals surface area contributed by atoms with Crippen LogP contribution in [0.2, 0.25) is 0 Å². The fourth-order valence-electron chi connectivity index (χ4n) is 1.48. The van der Waals surface area contributed by atoms with E-state index in [4.69, 9.17) is 9.84 Å². The second-order valence-electron chi connectivity index (χ2n) is 3.63. The largest absolute Gasteiger partial charge is 0.496 e. The fourth-order valence-corrected chi connectivity index (χ4v) is 1.48. The number of benzene rings is 1. The van der Waals surface area contributed by atoms with Gasteiger partial charge in [0.25, 0.3) is 0 Å². The lowest BCUT2D eigenvalue weighted by molar-refractivity contribution is -0.140. The molecule has 1 rings (SSSR count). The van der Waals surface area contributed by atoms with Crippen LogP contribution in [0.5, 0.6) is 5.75 Å². The predicted octanol–water partition coefficient (Wildman–Crippen LogP) is 0.968. The molecule has 0 saturated heterocycles. The Morgan fingerprint density at radius 2 is 2.17 bits per heavy atom. The first-order valence-corrected chi connectivity index (χ1v) is 5.34. The smallest absolute Gasteiger partial charge is 0.312 e. The van der Waals surface area contributed by atoms with Crippen molar-refractivity contribution in [3.63, 3.8) is 0 Å². The van der Waals surface area contributed by atoms with Gasteiger partial charge in [0, 0.05) is 6.54 Å². The third kappa shape index (κ3) is 4.40. The van der Waals surface area contributed by atoms with Gasteiger partial charge in [-0.05, 0) is 30.2 Å². The Morgan fingerprint density at radius 3 is 2.78 bits per heavy atom. The van der Waals surface area contributed by atoms with E-state index in [0.29, 0.717) is 17.7 Å². The lowest BCUT2D eigenvalue weighted by Crippen LogP contribution is -2.27. The number of rotatable bonds is 6. The van der Waals surface area contributed by atoms with Crippen molar-refractivity contribution in [1.29, 1.82) is 0 Å². The molecule has 1 aromatic rings. The SMILES string of the molecule is COc1ccc(F)cc1CCNC(=O)CC(=O)O. The fraction of sp³-hybridized carbons (Fsp3) is 0.333. The maximum atomic E-state index is 13.0. The normalized spacial score (nSPS) is 9.89. The van der Waals surface area contributed by atoms with Crippen molar-refractivity contribution in [2.24, 2.45) is 0 Å². The van der Waals surface area contributed by atoms with E-state index in [2.05, 4.69) is 5.32 Å². The van der Waals surface area contributed by atoms with Gasteiger partial charge in [0.15, 0.2) is 0 Å². The van der Waals surface area contributed by atoms with Gasteiger partial charge in [0.2, 0.25) is 5.91 Å². The minimum absolute atomic E-state index is 0.228. The number of carbonyl (C=O) groups is 2. The third-order valence-electron chi connectivity index (χ3n) is 2.27. The van der Waals surface area contributed by atoms with Crippen molar-refractivity contribution < 1.29 is 23.8 Å². The first-order chi connectivity index (χ1) is 8.52. The monoisotopic (exact) mass is 255 g/mol. The summed E-state index contributed by atoms with van der Waals surface area (Å²) in [6, 6.07) is 4.11. The van der Waals surface area contributed by atoms with E-state index < -0.39 is 18.3 Å². The summed E-state index contributed by atoms with van der Waals surface area (Å²) in [5.41, 5.74) is 0.619. The standard InChI is InChI=1S/C12H14FNO4/c1-18-10-3-2-9(13)6-8(10)4-5-14-11(15)7-12(16)17/h2-3,6H,4-5,7H2,1H3,(H,14,15)(H,16,17). The minimum atomic E-state index is -1.18. The van der Waals surface area contributed by atoms with Crippen LogP contribution < -0.4 is 10.1 Å². The van der Waals surface area contributed by atoms with E-state index in [1.807, 2.05) is 0 Å². The summed E-state index contributed by atoms with van der Waals surface area (Å²) in [6.07, 6.45) is -0.202. The van der Waals surface area contributed by atoms with Crippen LogP contribution in [0, 0.1) is 5.82 Å². The van der Waals surface area contributed by atoms with Gasteiger partial charge in [0.1, 0.15) is 18.0 Å². The van der Waals surface area contributed by atoms with Gasteiger partial charge in [-0.1, -0.05) is 0 Å². The molecule has 0 aliphatic rings. The van der Waals surface area contributed by atoms with Gasteiger partial charge >= 0.3 is 5.97 Å². The van der Waals surface area contributed by atoms with Gasteiger partial charge < -0.3 is 15.2 Å². The number of nitrogens with one attached hydrogen (secondary N) is 1. The zero-order valence-electron chi connectivity index (χ0n) is 9.90. The molecule has 0 atom stereocenters. The number of hydrogen-bond donors (Lipinski definition) is 2. The number of carbonyl (C=O) groups excluding carboxylic acids is 1. The highest BCUT2D eigenvalue weighted by Crippen LogP contribution is 2.19. The number of hydrogen-bond acceptors (Lipinski definition) is 3. The number of halogens is 1. The lowest BCUT2D eigenvalue weighted by atomic mass is 10.1. The van der Waals surface area contributed by atoms with E-state index in [1.165, 1.54) is 25.3 Å². The number of amides is 1. The van der Waals surface area contributed by atoms with Crippen LogP contribution in [0.4, 0.5) is 4.39 Å². The molecule has 2 N–H and O–H groups in total. The van der Waals surface area contributed by atoms with Crippen LogP contribution in [-0.4, -0.2) is 30.6 Å². The van der Waals surface area contributed by atoms with Crippen molar-refractivity contribution in [3.05, 3.63) is 29.6 Å². The van der Waals surface area contributed by atoms with Crippen LogP contribution in [0.3, 0.4) is 0 Å². The van der Waals surface area contributed by atoms with Crippen LogP contribution in [0.1, 0.15) is 12.0 Å². The highest BCUT2D eigenvalue weighted by Gasteiger charge is 2.08. The summed E-state index contributed by atoms with van der Waals surface area (Å²) in [6.45, 7) is 0.228. The lowest BCUT2D eigenvalue weighted by Gasteiger charge is -2.09. The van der Waals surface area contributed by atoms with Crippen LogP contribution in [0.25, 0.3) is 0 Å². The molecule has 0 fully saturated rings. The third-order valence-corrected chi connectivity index (χ3v) is 2.27. The van der Waals surface area contributed by atoms with Crippen LogP contribution >= 0.6 is 0 Å². The molecule has 0 aromatic heterocycles. The topological polar surface area (TPSA) is 75.6 Å². The molecular formula is C12H14FNO4. The minimum Gasteiger partial charge on any atom is -0.496 e. The van der Waals surface area contributed by atoms with Crippen molar-refractivity contribution in [2.45, 2.75) is 12.8 Å². The molecule has 6 heteroatoms. The highest BCUT2D eigenvalue weighted by molar-refractivity contribution is 5.93. The molecular weight excluding hydrogens is 241 g/mol. The Bertz CT molecular complexity index is 448. The van der Waals surface area contributed by atoms with Crippen molar-refractivity contribution in [1.82, 2.24) is 5.32 Å². The summed E-state index contributed by atoms with van der Waals surface area (Å²) in [7, 11) is 1.47. The number of methoxy groups -OCH3 is 1. The van der Waals surface area contributed by atoms with Crippen molar-refractivity contribution in [2.75, 3.05) is 13.7 Å². The molecule has 1 amide bonds. The molecule has 0 radical (unpaired) electrons. The zero-order valence-corrected chi connectivity index (χ0v) is 9.90. The molecule has 0 spiro atoms. The molecule has 0 aliphatic heterocycles.